The van der Waals surface area contributed by atoms with Gasteiger partial charge in [-0.25, -0.2) is 4.79 Å². The molecule has 2 aromatic rings. The monoisotopic (exact) mass is 309 g/mol. The highest BCUT2D eigenvalue weighted by molar-refractivity contribution is 5.88. The molecule has 1 aliphatic rings. The molecule has 23 heavy (non-hydrogen) atoms. The van der Waals surface area contributed by atoms with E-state index < -0.39 is 5.97 Å². The topological polar surface area (TPSA) is 40.5 Å². The highest BCUT2D eigenvalue weighted by atomic mass is 16.4. The second kappa shape index (κ2) is 6.97. The van der Waals surface area contributed by atoms with E-state index in [2.05, 4.69) is 36.1 Å². The standard InChI is InChI=1S/C20H23NO2/c1-15-3-2-13-21(15)14-12-16-4-6-17(7-5-16)18-8-10-19(11-9-18)20(22)23/h4-11,15H,2-3,12-14H2,1H3,(H,22,23). The number of carbonyl (C=O) groups is 1. The lowest BCUT2D eigenvalue weighted by molar-refractivity contribution is 0.0697. The highest BCUT2D eigenvalue weighted by Crippen LogP contribution is 2.21. The highest BCUT2D eigenvalue weighted by Gasteiger charge is 2.19. The van der Waals surface area contributed by atoms with Gasteiger partial charge >= 0.3 is 5.97 Å². The summed E-state index contributed by atoms with van der Waals surface area (Å²) in [6.07, 6.45) is 3.74. The molecule has 0 bridgehead atoms. The zero-order valence-electron chi connectivity index (χ0n) is 13.5. The molecule has 2 aromatic carbocycles. The van der Waals surface area contributed by atoms with E-state index >= 15 is 0 Å². The summed E-state index contributed by atoms with van der Waals surface area (Å²) in [7, 11) is 0. The van der Waals surface area contributed by atoms with Gasteiger partial charge in [-0.05, 0) is 61.6 Å². The zero-order chi connectivity index (χ0) is 16.2. The zero-order valence-corrected chi connectivity index (χ0v) is 13.5. The summed E-state index contributed by atoms with van der Waals surface area (Å²) in [5.74, 6) is -0.886. The van der Waals surface area contributed by atoms with E-state index in [0.717, 1.165) is 30.1 Å². The van der Waals surface area contributed by atoms with Gasteiger partial charge in [-0.1, -0.05) is 36.4 Å². The molecule has 0 aliphatic carbocycles. The van der Waals surface area contributed by atoms with Crippen LogP contribution in [-0.2, 0) is 6.42 Å². The SMILES string of the molecule is CC1CCCN1CCc1ccc(-c2ccc(C(=O)O)cc2)cc1. The summed E-state index contributed by atoms with van der Waals surface area (Å²) in [4.78, 5) is 13.5. The quantitative estimate of drug-likeness (QED) is 0.905. The van der Waals surface area contributed by atoms with Gasteiger partial charge < -0.3 is 10.0 Å². The average molecular weight is 309 g/mol. The Bertz CT molecular complexity index is 661. The molecule has 1 aliphatic heterocycles. The molecule has 3 nitrogen and oxygen atoms in total. The first kappa shape index (κ1) is 15.8. The van der Waals surface area contributed by atoms with Gasteiger partial charge in [0.2, 0.25) is 0 Å². The molecule has 0 spiro atoms. The van der Waals surface area contributed by atoms with Crippen LogP contribution in [0, 0.1) is 0 Å². The lowest BCUT2D eigenvalue weighted by Crippen LogP contribution is -2.28. The van der Waals surface area contributed by atoms with Gasteiger partial charge in [0.25, 0.3) is 0 Å². The van der Waals surface area contributed by atoms with Crippen molar-refractivity contribution in [3.63, 3.8) is 0 Å². The lowest BCUT2D eigenvalue weighted by Gasteiger charge is -2.20. The number of hydrogen-bond acceptors (Lipinski definition) is 2. The van der Waals surface area contributed by atoms with Crippen molar-refractivity contribution in [3.8, 4) is 11.1 Å². The molecule has 1 saturated heterocycles. The lowest BCUT2D eigenvalue weighted by atomic mass is 10.0. The van der Waals surface area contributed by atoms with Crippen LogP contribution < -0.4 is 0 Å². The van der Waals surface area contributed by atoms with Crippen molar-refractivity contribution >= 4 is 5.97 Å². The van der Waals surface area contributed by atoms with Crippen LogP contribution in [0.4, 0.5) is 0 Å². The molecular formula is C20H23NO2. The van der Waals surface area contributed by atoms with Crippen molar-refractivity contribution < 1.29 is 9.90 Å². The molecule has 0 radical (unpaired) electrons. The summed E-state index contributed by atoms with van der Waals surface area (Å²) < 4.78 is 0. The van der Waals surface area contributed by atoms with E-state index in [1.165, 1.54) is 24.9 Å². The number of nitrogens with zero attached hydrogens (tertiary/aromatic N) is 1. The van der Waals surface area contributed by atoms with Gasteiger partial charge in [-0.3, -0.25) is 0 Å². The molecule has 120 valence electrons. The molecular weight excluding hydrogens is 286 g/mol. The number of likely N-dealkylation sites (tertiary alicyclic amines) is 1. The van der Waals surface area contributed by atoms with Crippen LogP contribution in [-0.4, -0.2) is 35.1 Å². The summed E-state index contributed by atoms with van der Waals surface area (Å²) >= 11 is 0. The second-order valence-corrected chi connectivity index (χ2v) is 6.36. The Kier molecular flexibility index (Phi) is 4.77. The van der Waals surface area contributed by atoms with Crippen LogP contribution in [0.5, 0.6) is 0 Å². The minimum atomic E-state index is -0.886. The van der Waals surface area contributed by atoms with E-state index in [9.17, 15) is 4.79 Å². The number of aromatic carboxylic acids is 1. The molecule has 1 N–H and O–H groups in total. The molecule has 1 unspecified atom stereocenters. The Labute approximate surface area is 137 Å². The van der Waals surface area contributed by atoms with Crippen molar-refractivity contribution in [3.05, 3.63) is 59.7 Å². The fourth-order valence-electron chi connectivity index (χ4n) is 3.27. The van der Waals surface area contributed by atoms with E-state index in [-0.39, 0.29) is 0 Å². The van der Waals surface area contributed by atoms with E-state index in [1.54, 1.807) is 12.1 Å². The molecule has 1 atom stereocenters. The Hall–Kier alpha value is -2.13. The average Bonchev–Trinajstić information content (AvgIpc) is 2.99. The summed E-state index contributed by atoms with van der Waals surface area (Å²) in [5.41, 5.74) is 3.86. The third-order valence-corrected chi connectivity index (χ3v) is 4.80. The predicted molar refractivity (Wildman–Crippen MR) is 92.8 cm³/mol. The van der Waals surface area contributed by atoms with Crippen LogP contribution in [0.1, 0.15) is 35.7 Å². The summed E-state index contributed by atoms with van der Waals surface area (Å²) in [6, 6.07) is 16.4. The number of hydrogen-bond donors (Lipinski definition) is 1. The minimum absolute atomic E-state index is 0.324. The normalized spacial score (nSPS) is 18.2. The van der Waals surface area contributed by atoms with Gasteiger partial charge in [-0.15, -0.1) is 0 Å². The smallest absolute Gasteiger partial charge is 0.335 e. The maximum atomic E-state index is 10.9. The second-order valence-electron chi connectivity index (χ2n) is 6.36. The van der Waals surface area contributed by atoms with Crippen LogP contribution in [0.3, 0.4) is 0 Å². The Balaban J connectivity index is 1.63. The first-order valence-electron chi connectivity index (χ1n) is 8.30. The van der Waals surface area contributed by atoms with Crippen molar-refractivity contribution in [1.29, 1.82) is 0 Å². The first-order chi connectivity index (χ1) is 11.1. The van der Waals surface area contributed by atoms with E-state index in [0.29, 0.717) is 5.56 Å². The summed E-state index contributed by atoms with van der Waals surface area (Å²) in [5, 5.41) is 8.95. The van der Waals surface area contributed by atoms with Crippen LogP contribution in [0.25, 0.3) is 11.1 Å². The molecule has 0 amide bonds. The predicted octanol–water partition coefficient (Wildman–Crippen LogP) is 4.08. The van der Waals surface area contributed by atoms with Gasteiger partial charge in [0.15, 0.2) is 0 Å². The van der Waals surface area contributed by atoms with Crippen molar-refractivity contribution in [2.75, 3.05) is 13.1 Å². The van der Waals surface area contributed by atoms with Crippen LogP contribution in [0.2, 0.25) is 0 Å². The third kappa shape index (κ3) is 3.80. The Morgan fingerprint density at radius 3 is 2.22 bits per heavy atom. The Morgan fingerprint density at radius 2 is 1.70 bits per heavy atom. The number of benzene rings is 2. The Morgan fingerprint density at radius 1 is 1.09 bits per heavy atom. The van der Waals surface area contributed by atoms with Gasteiger partial charge in [0.05, 0.1) is 5.56 Å². The maximum absolute atomic E-state index is 10.9. The molecule has 3 rings (SSSR count). The van der Waals surface area contributed by atoms with Crippen LogP contribution in [0.15, 0.2) is 48.5 Å². The molecule has 1 heterocycles. The molecule has 3 heteroatoms. The van der Waals surface area contributed by atoms with E-state index in [1.807, 2.05) is 12.1 Å². The summed E-state index contributed by atoms with van der Waals surface area (Å²) in [6.45, 7) is 4.68. The fraction of sp³-hybridized carbons (Fsp3) is 0.350. The molecule has 1 fully saturated rings. The van der Waals surface area contributed by atoms with Crippen molar-refractivity contribution in [2.45, 2.75) is 32.2 Å². The number of carboxylic acids is 1. The minimum Gasteiger partial charge on any atom is -0.478 e. The molecule has 0 aromatic heterocycles. The third-order valence-electron chi connectivity index (χ3n) is 4.80. The van der Waals surface area contributed by atoms with Crippen molar-refractivity contribution in [2.24, 2.45) is 0 Å². The molecule has 0 saturated carbocycles. The van der Waals surface area contributed by atoms with E-state index in [4.69, 9.17) is 5.11 Å². The number of rotatable bonds is 5. The van der Waals surface area contributed by atoms with Gasteiger partial charge in [-0.2, -0.15) is 0 Å². The first-order valence-corrected chi connectivity index (χ1v) is 8.30. The number of carboxylic acid groups (broad SMARTS) is 1. The maximum Gasteiger partial charge on any atom is 0.335 e. The van der Waals surface area contributed by atoms with Crippen LogP contribution >= 0.6 is 0 Å². The van der Waals surface area contributed by atoms with Crippen molar-refractivity contribution in [1.82, 2.24) is 4.90 Å². The van der Waals surface area contributed by atoms with Gasteiger partial charge in [0.1, 0.15) is 0 Å². The van der Waals surface area contributed by atoms with Gasteiger partial charge in [0, 0.05) is 12.6 Å². The fourth-order valence-corrected chi connectivity index (χ4v) is 3.27. The largest absolute Gasteiger partial charge is 0.478 e.